The molecule has 0 radical (unpaired) electrons. The molecule has 0 unspecified atom stereocenters. The molecule has 1 aliphatic rings. The van der Waals surface area contributed by atoms with Gasteiger partial charge in [0.25, 0.3) is 0 Å². The largest absolute Gasteiger partial charge is 0.352 e. The Morgan fingerprint density at radius 1 is 0.722 bits per heavy atom. The number of H-pyrrole nitrogens is 2. The highest BCUT2D eigenvalue weighted by Crippen LogP contribution is 2.34. The van der Waals surface area contributed by atoms with Gasteiger partial charge in [-0.05, 0) is 79.0 Å². The van der Waals surface area contributed by atoms with Gasteiger partial charge in [0.05, 0.1) is 22.9 Å². The molecule has 1 saturated heterocycles. The molecular weight excluding hydrogens is 446 g/mol. The van der Waals surface area contributed by atoms with Gasteiger partial charge in [0.2, 0.25) is 0 Å². The lowest BCUT2D eigenvalue weighted by molar-refractivity contribution is 0.331. The van der Waals surface area contributed by atoms with E-state index in [0.29, 0.717) is 0 Å². The van der Waals surface area contributed by atoms with Crippen molar-refractivity contribution >= 4 is 21.8 Å². The van der Waals surface area contributed by atoms with Crippen LogP contribution in [0.15, 0.2) is 79.6 Å². The van der Waals surface area contributed by atoms with Gasteiger partial charge in [0.15, 0.2) is 0 Å². The average molecular weight is 472 g/mol. The lowest BCUT2D eigenvalue weighted by atomic mass is 10.0. The van der Waals surface area contributed by atoms with Gasteiger partial charge in [-0.25, -0.2) is 0 Å². The first-order chi connectivity index (χ1) is 17.8. The predicted octanol–water partition coefficient (Wildman–Crippen LogP) is 5.83. The fraction of sp³-hybridized carbons (Fsp3) is 0.172. The van der Waals surface area contributed by atoms with Crippen LogP contribution in [0.25, 0.3) is 55.4 Å². The van der Waals surface area contributed by atoms with Crippen LogP contribution in [0.2, 0.25) is 0 Å². The number of aromatic amines is 2. The fourth-order valence-electron chi connectivity index (χ4n) is 5.27. The smallest absolute Gasteiger partial charge is 0.116 e. The average Bonchev–Trinajstić information content (AvgIpc) is 3.68. The van der Waals surface area contributed by atoms with Gasteiger partial charge in [0, 0.05) is 59.4 Å². The molecule has 1 aliphatic heterocycles. The third kappa shape index (κ3) is 3.74. The Bertz CT molecular complexity index is 1680. The molecule has 0 spiro atoms. The van der Waals surface area contributed by atoms with Crippen molar-refractivity contribution in [3.63, 3.8) is 0 Å². The minimum Gasteiger partial charge on any atom is -0.352 e. The highest BCUT2D eigenvalue weighted by atomic mass is 15.1. The standard InChI is InChI=1S/C29H25N7/c1-2-10-36(9-1)18-19-11-22(15-31-14-19)21-3-4-26-24(12-21)29(35-34-26)27-13-23-25(16-32-17-28(23)33-27)20-5-7-30-8-6-20/h3-8,11-17,33H,1-2,9-10,18H2,(H,34,35). The quantitative estimate of drug-likeness (QED) is 0.331. The second kappa shape index (κ2) is 8.70. The minimum atomic E-state index is 0.893. The molecule has 0 atom stereocenters. The highest BCUT2D eigenvalue weighted by molar-refractivity contribution is 6.01. The van der Waals surface area contributed by atoms with Gasteiger partial charge in [0.1, 0.15) is 5.69 Å². The van der Waals surface area contributed by atoms with Gasteiger partial charge in [-0.1, -0.05) is 6.07 Å². The number of nitrogens with zero attached hydrogens (tertiary/aromatic N) is 5. The highest BCUT2D eigenvalue weighted by Gasteiger charge is 2.16. The molecule has 5 aromatic heterocycles. The molecule has 6 heterocycles. The Morgan fingerprint density at radius 3 is 2.47 bits per heavy atom. The summed E-state index contributed by atoms with van der Waals surface area (Å²) in [6, 6.07) is 14.9. The van der Waals surface area contributed by atoms with Crippen molar-refractivity contribution in [2.75, 3.05) is 13.1 Å². The number of pyridine rings is 3. The first kappa shape index (κ1) is 21.0. The van der Waals surface area contributed by atoms with E-state index in [0.717, 1.165) is 62.0 Å². The summed E-state index contributed by atoms with van der Waals surface area (Å²) < 4.78 is 0. The molecule has 7 nitrogen and oxygen atoms in total. The zero-order valence-corrected chi connectivity index (χ0v) is 19.8. The summed E-state index contributed by atoms with van der Waals surface area (Å²) in [5, 5.41) is 10.1. The molecule has 36 heavy (non-hydrogen) atoms. The Hall–Kier alpha value is -4.36. The van der Waals surface area contributed by atoms with Crippen LogP contribution >= 0.6 is 0 Å². The second-order valence-electron chi connectivity index (χ2n) is 9.46. The SMILES string of the molecule is c1cc(-c2cncc3[nH]c(-c4n[nH]c5ccc(-c6cncc(CN7CCCC7)c6)cc45)cc23)ccn1. The zero-order chi connectivity index (χ0) is 23.9. The van der Waals surface area contributed by atoms with Gasteiger partial charge in [-0.15, -0.1) is 0 Å². The van der Waals surface area contributed by atoms with E-state index in [4.69, 9.17) is 0 Å². The maximum Gasteiger partial charge on any atom is 0.116 e. The second-order valence-corrected chi connectivity index (χ2v) is 9.46. The van der Waals surface area contributed by atoms with E-state index in [1.807, 2.05) is 36.9 Å². The molecular formula is C29H25N7. The lowest BCUT2D eigenvalue weighted by Crippen LogP contribution is -2.18. The summed E-state index contributed by atoms with van der Waals surface area (Å²) >= 11 is 0. The number of nitrogens with one attached hydrogen (secondary N) is 2. The van der Waals surface area contributed by atoms with Crippen molar-refractivity contribution < 1.29 is 0 Å². The van der Waals surface area contributed by atoms with E-state index in [2.05, 4.69) is 65.4 Å². The normalized spacial score (nSPS) is 14.2. The molecule has 7 rings (SSSR count). The summed E-state index contributed by atoms with van der Waals surface area (Å²) in [7, 11) is 0. The topological polar surface area (TPSA) is 86.4 Å². The Labute approximate surface area is 208 Å². The van der Waals surface area contributed by atoms with Crippen LogP contribution in [-0.2, 0) is 6.54 Å². The van der Waals surface area contributed by atoms with Crippen LogP contribution in [0.3, 0.4) is 0 Å². The Morgan fingerprint density at radius 2 is 1.58 bits per heavy atom. The summed E-state index contributed by atoms with van der Waals surface area (Å²) in [5.74, 6) is 0. The van der Waals surface area contributed by atoms with Crippen molar-refractivity contribution in [2.45, 2.75) is 19.4 Å². The molecule has 6 aromatic rings. The van der Waals surface area contributed by atoms with Crippen molar-refractivity contribution in [3.05, 3.63) is 85.2 Å². The molecule has 7 heteroatoms. The Kier molecular flexibility index (Phi) is 5.06. The molecule has 1 aromatic carbocycles. The summed E-state index contributed by atoms with van der Waals surface area (Å²) in [4.78, 5) is 19.2. The zero-order valence-electron chi connectivity index (χ0n) is 19.8. The van der Waals surface area contributed by atoms with E-state index in [1.54, 1.807) is 12.4 Å². The number of aromatic nitrogens is 6. The first-order valence-corrected chi connectivity index (χ1v) is 12.3. The van der Waals surface area contributed by atoms with Crippen molar-refractivity contribution in [1.29, 1.82) is 0 Å². The van der Waals surface area contributed by atoms with Gasteiger partial charge in [-0.2, -0.15) is 5.10 Å². The van der Waals surface area contributed by atoms with Gasteiger partial charge < -0.3 is 4.98 Å². The maximum absolute atomic E-state index is 4.68. The summed E-state index contributed by atoms with van der Waals surface area (Å²) in [6.45, 7) is 3.32. The van der Waals surface area contributed by atoms with Crippen molar-refractivity contribution in [1.82, 2.24) is 35.0 Å². The molecule has 1 fully saturated rings. The van der Waals surface area contributed by atoms with Gasteiger partial charge in [-0.3, -0.25) is 25.0 Å². The molecule has 0 amide bonds. The predicted molar refractivity (Wildman–Crippen MR) is 142 cm³/mol. The number of likely N-dealkylation sites (tertiary alicyclic amines) is 1. The van der Waals surface area contributed by atoms with Gasteiger partial charge >= 0.3 is 0 Å². The molecule has 0 bridgehead atoms. The van der Waals surface area contributed by atoms with Crippen LogP contribution in [-0.4, -0.2) is 48.1 Å². The van der Waals surface area contributed by atoms with E-state index >= 15 is 0 Å². The van der Waals surface area contributed by atoms with Crippen LogP contribution in [0.1, 0.15) is 18.4 Å². The van der Waals surface area contributed by atoms with E-state index in [-0.39, 0.29) is 0 Å². The monoisotopic (exact) mass is 471 g/mol. The third-order valence-corrected chi connectivity index (χ3v) is 7.09. The Balaban J connectivity index is 1.28. The minimum absolute atomic E-state index is 0.893. The molecule has 2 N–H and O–H groups in total. The van der Waals surface area contributed by atoms with Crippen LogP contribution < -0.4 is 0 Å². The van der Waals surface area contributed by atoms with Crippen molar-refractivity contribution in [3.8, 4) is 33.6 Å². The summed E-state index contributed by atoms with van der Waals surface area (Å²) in [6.07, 6.45) is 13.9. The van der Waals surface area contributed by atoms with E-state index in [9.17, 15) is 0 Å². The van der Waals surface area contributed by atoms with Crippen LogP contribution in [0.5, 0.6) is 0 Å². The van der Waals surface area contributed by atoms with Crippen LogP contribution in [0.4, 0.5) is 0 Å². The molecule has 0 saturated carbocycles. The number of hydrogen-bond donors (Lipinski definition) is 2. The molecule has 0 aliphatic carbocycles. The number of fused-ring (bicyclic) bond motifs is 2. The number of hydrogen-bond acceptors (Lipinski definition) is 5. The summed E-state index contributed by atoms with van der Waals surface area (Å²) in [5.41, 5.74) is 9.50. The number of benzene rings is 1. The molecule has 176 valence electrons. The first-order valence-electron chi connectivity index (χ1n) is 12.3. The maximum atomic E-state index is 4.68. The van der Waals surface area contributed by atoms with Crippen LogP contribution in [0, 0.1) is 0 Å². The van der Waals surface area contributed by atoms with E-state index in [1.165, 1.54) is 31.5 Å². The fourth-order valence-corrected chi connectivity index (χ4v) is 5.27. The van der Waals surface area contributed by atoms with Crippen molar-refractivity contribution in [2.24, 2.45) is 0 Å². The lowest BCUT2D eigenvalue weighted by Gasteiger charge is -2.14. The third-order valence-electron chi connectivity index (χ3n) is 7.09. The van der Waals surface area contributed by atoms with E-state index < -0.39 is 0 Å². The number of rotatable bonds is 5.